The molecule has 3 aromatic carbocycles. The summed E-state index contributed by atoms with van der Waals surface area (Å²) in [6.07, 6.45) is 0. The first-order chi connectivity index (χ1) is 14.1. The Hall–Kier alpha value is -3.51. The van der Waals surface area contributed by atoms with Crippen molar-refractivity contribution in [1.29, 1.82) is 0 Å². The van der Waals surface area contributed by atoms with Gasteiger partial charge in [0.25, 0.3) is 5.91 Å². The second kappa shape index (κ2) is 8.24. The molecule has 0 bridgehead atoms. The van der Waals surface area contributed by atoms with Crippen molar-refractivity contribution in [3.8, 4) is 11.5 Å². The lowest BCUT2D eigenvalue weighted by atomic mass is 10.1. The van der Waals surface area contributed by atoms with Gasteiger partial charge in [0.05, 0.1) is 10.6 Å². The number of amides is 1. The fraction of sp³-hybridized carbons (Fsp3) is 0.0455. The van der Waals surface area contributed by atoms with Crippen LogP contribution in [-0.2, 0) is 0 Å². The standard InChI is InChI=1S/C22H15ClFN3O2/c23-18-9-5-4-8-17(18)20(28)25-19(14-10-12-16(24)13-11-14)22-27-26-21(29-22)15-6-2-1-3-7-15/h1-13,19H,(H,25,28). The molecule has 0 aliphatic rings. The summed E-state index contributed by atoms with van der Waals surface area (Å²) in [7, 11) is 0. The molecule has 0 radical (unpaired) electrons. The Balaban J connectivity index is 1.70. The largest absolute Gasteiger partial charge is 0.418 e. The Morgan fingerprint density at radius 1 is 0.931 bits per heavy atom. The molecule has 144 valence electrons. The quantitative estimate of drug-likeness (QED) is 0.502. The Kier molecular flexibility index (Phi) is 5.35. The van der Waals surface area contributed by atoms with E-state index < -0.39 is 11.9 Å². The van der Waals surface area contributed by atoms with Gasteiger partial charge in [-0.2, -0.15) is 0 Å². The van der Waals surface area contributed by atoms with Crippen LogP contribution in [0, 0.1) is 5.82 Å². The lowest BCUT2D eigenvalue weighted by molar-refractivity contribution is 0.0938. The van der Waals surface area contributed by atoms with Crippen molar-refractivity contribution < 1.29 is 13.6 Å². The van der Waals surface area contributed by atoms with Crippen molar-refractivity contribution in [2.45, 2.75) is 6.04 Å². The van der Waals surface area contributed by atoms with Crippen molar-refractivity contribution >= 4 is 17.5 Å². The summed E-state index contributed by atoms with van der Waals surface area (Å²) in [5.74, 6) is -0.305. The van der Waals surface area contributed by atoms with Crippen LogP contribution in [0.4, 0.5) is 4.39 Å². The molecule has 5 nitrogen and oxygen atoms in total. The van der Waals surface area contributed by atoms with Crippen molar-refractivity contribution in [3.05, 3.63) is 107 Å². The van der Waals surface area contributed by atoms with E-state index in [1.807, 2.05) is 30.3 Å². The molecule has 1 heterocycles. The number of nitrogens with one attached hydrogen (secondary N) is 1. The minimum absolute atomic E-state index is 0.177. The van der Waals surface area contributed by atoms with E-state index in [1.165, 1.54) is 12.1 Å². The molecule has 1 atom stereocenters. The van der Waals surface area contributed by atoms with E-state index in [0.717, 1.165) is 5.56 Å². The van der Waals surface area contributed by atoms with Gasteiger partial charge < -0.3 is 9.73 Å². The van der Waals surface area contributed by atoms with Crippen molar-refractivity contribution in [1.82, 2.24) is 15.5 Å². The molecule has 7 heteroatoms. The van der Waals surface area contributed by atoms with Crippen LogP contribution < -0.4 is 5.32 Å². The van der Waals surface area contributed by atoms with E-state index in [-0.39, 0.29) is 11.7 Å². The lowest BCUT2D eigenvalue weighted by Crippen LogP contribution is -2.29. The zero-order valence-electron chi connectivity index (χ0n) is 15.0. The van der Waals surface area contributed by atoms with Crippen molar-refractivity contribution in [2.24, 2.45) is 0 Å². The summed E-state index contributed by atoms with van der Waals surface area (Å²) >= 11 is 6.14. The topological polar surface area (TPSA) is 68.0 Å². The van der Waals surface area contributed by atoms with Crippen LogP contribution >= 0.6 is 11.6 Å². The van der Waals surface area contributed by atoms with E-state index in [2.05, 4.69) is 15.5 Å². The average molecular weight is 408 g/mol. The van der Waals surface area contributed by atoms with Gasteiger partial charge in [0.1, 0.15) is 11.9 Å². The fourth-order valence-corrected chi connectivity index (χ4v) is 3.07. The smallest absolute Gasteiger partial charge is 0.253 e. The molecular weight excluding hydrogens is 393 g/mol. The molecule has 1 aromatic heterocycles. The predicted octanol–water partition coefficient (Wildman–Crippen LogP) is 5.05. The summed E-state index contributed by atoms with van der Waals surface area (Å²) in [5, 5.41) is 11.3. The van der Waals surface area contributed by atoms with Crippen LogP contribution in [0.15, 0.2) is 83.3 Å². The third kappa shape index (κ3) is 4.17. The first kappa shape index (κ1) is 18.8. The zero-order valence-corrected chi connectivity index (χ0v) is 15.8. The van der Waals surface area contributed by atoms with Gasteiger partial charge in [0.15, 0.2) is 0 Å². The molecule has 0 saturated heterocycles. The minimum Gasteiger partial charge on any atom is -0.418 e. The highest BCUT2D eigenvalue weighted by atomic mass is 35.5. The second-order valence-electron chi connectivity index (χ2n) is 6.25. The SMILES string of the molecule is O=C(NC(c1ccc(F)cc1)c1nnc(-c2ccccc2)o1)c1ccccc1Cl. The number of hydrogen-bond acceptors (Lipinski definition) is 4. The molecule has 0 aliphatic heterocycles. The average Bonchev–Trinajstić information content (AvgIpc) is 3.23. The number of benzene rings is 3. The molecule has 1 N–H and O–H groups in total. The maximum Gasteiger partial charge on any atom is 0.253 e. The van der Waals surface area contributed by atoms with Gasteiger partial charge in [-0.25, -0.2) is 4.39 Å². The number of carbonyl (C=O) groups is 1. The highest BCUT2D eigenvalue weighted by Gasteiger charge is 2.25. The summed E-state index contributed by atoms with van der Waals surface area (Å²) in [4.78, 5) is 12.8. The van der Waals surface area contributed by atoms with Gasteiger partial charge >= 0.3 is 0 Å². The number of rotatable bonds is 5. The monoisotopic (exact) mass is 407 g/mol. The Labute approximate surface area is 171 Å². The molecule has 29 heavy (non-hydrogen) atoms. The first-order valence-electron chi connectivity index (χ1n) is 8.81. The van der Waals surface area contributed by atoms with E-state index >= 15 is 0 Å². The van der Waals surface area contributed by atoms with Gasteiger partial charge in [-0.05, 0) is 42.0 Å². The third-order valence-electron chi connectivity index (χ3n) is 4.31. The van der Waals surface area contributed by atoms with Gasteiger partial charge in [-0.15, -0.1) is 10.2 Å². The normalized spacial score (nSPS) is 11.8. The zero-order chi connectivity index (χ0) is 20.2. The van der Waals surface area contributed by atoms with E-state index in [1.54, 1.807) is 36.4 Å². The fourth-order valence-electron chi connectivity index (χ4n) is 2.85. The predicted molar refractivity (Wildman–Crippen MR) is 107 cm³/mol. The van der Waals surface area contributed by atoms with E-state index in [9.17, 15) is 9.18 Å². The van der Waals surface area contributed by atoms with Gasteiger partial charge in [-0.3, -0.25) is 4.79 Å². The molecule has 1 amide bonds. The van der Waals surface area contributed by atoms with Crippen molar-refractivity contribution in [2.75, 3.05) is 0 Å². The van der Waals surface area contributed by atoms with Gasteiger partial charge in [0.2, 0.25) is 11.8 Å². The van der Waals surface area contributed by atoms with Crippen LogP contribution in [0.2, 0.25) is 5.02 Å². The molecular formula is C22H15ClFN3O2. The maximum atomic E-state index is 13.4. The Bertz CT molecular complexity index is 1130. The lowest BCUT2D eigenvalue weighted by Gasteiger charge is -2.16. The molecule has 0 spiro atoms. The van der Waals surface area contributed by atoms with Crippen LogP contribution in [0.3, 0.4) is 0 Å². The van der Waals surface area contributed by atoms with Crippen LogP contribution in [0.25, 0.3) is 11.5 Å². The van der Waals surface area contributed by atoms with Gasteiger partial charge in [0, 0.05) is 5.56 Å². The molecule has 0 aliphatic carbocycles. The highest BCUT2D eigenvalue weighted by molar-refractivity contribution is 6.33. The Morgan fingerprint density at radius 2 is 1.62 bits per heavy atom. The van der Waals surface area contributed by atoms with Crippen molar-refractivity contribution in [3.63, 3.8) is 0 Å². The third-order valence-corrected chi connectivity index (χ3v) is 4.64. The molecule has 0 fully saturated rings. The highest BCUT2D eigenvalue weighted by Crippen LogP contribution is 2.26. The molecule has 4 aromatic rings. The van der Waals surface area contributed by atoms with Crippen LogP contribution in [-0.4, -0.2) is 16.1 Å². The van der Waals surface area contributed by atoms with E-state index in [4.69, 9.17) is 16.0 Å². The molecule has 0 saturated carbocycles. The van der Waals surface area contributed by atoms with Gasteiger partial charge in [-0.1, -0.05) is 54.1 Å². The number of halogens is 2. The number of aromatic nitrogens is 2. The summed E-state index contributed by atoms with van der Waals surface area (Å²) in [6, 6.07) is 20.9. The van der Waals surface area contributed by atoms with E-state index in [0.29, 0.717) is 22.0 Å². The number of hydrogen-bond donors (Lipinski definition) is 1. The number of nitrogens with zero attached hydrogens (tertiary/aromatic N) is 2. The number of carbonyl (C=O) groups excluding carboxylic acids is 1. The minimum atomic E-state index is -0.774. The summed E-state index contributed by atoms with van der Waals surface area (Å²) < 4.78 is 19.2. The first-order valence-corrected chi connectivity index (χ1v) is 9.19. The second-order valence-corrected chi connectivity index (χ2v) is 6.66. The molecule has 4 rings (SSSR count). The Morgan fingerprint density at radius 3 is 2.34 bits per heavy atom. The molecule has 1 unspecified atom stereocenters. The van der Waals surface area contributed by atoms with Crippen LogP contribution in [0.5, 0.6) is 0 Å². The van der Waals surface area contributed by atoms with Crippen LogP contribution in [0.1, 0.15) is 27.9 Å². The maximum absolute atomic E-state index is 13.4. The summed E-state index contributed by atoms with van der Waals surface area (Å²) in [5.41, 5.74) is 1.65. The summed E-state index contributed by atoms with van der Waals surface area (Å²) in [6.45, 7) is 0.